The molecule has 18 heavy (non-hydrogen) atoms. The molecule has 0 unspecified atom stereocenters. The predicted octanol–water partition coefficient (Wildman–Crippen LogP) is 1.79. The fourth-order valence-electron chi connectivity index (χ4n) is 2.35. The number of nitrogens with one attached hydrogen (secondary N) is 1. The Morgan fingerprint density at radius 1 is 1.33 bits per heavy atom. The molecule has 1 aliphatic carbocycles. The van der Waals surface area contributed by atoms with Crippen molar-refractivity contribution in [1.82, 2.24) is 5.32 Å². The van der Waals surface area contributed by atoms with E-state index in [4.69, 9.17) is 0 Å². The molecule has 0 radical (unpaired) electrons. The quantitative estimate of drug-likeness (QED) is 0.857. The standard InChI is InChI=1S/C14H18FNO2/c15-12-6-2-1-5-11(12)9-13(17)16-10-14(18)7-3-4-8-14/h1-2,5-6,18H,3-4,7-10H2,(H,16,17). The number of hydrogen-bond donors (Lipinski definition) is 2. The van der Waals surface area contributed by atoms with Crippen molar-refractivity contribution in [2.45, 2.75) is 37.7 Å². The summed E-state index contributed by atoms with van der Waals surface area (Å²) in [5, 5.41) is 12.8. The molecule has 0 bridgehead atoms. The van der Waals surface area contributed by atoms with Crippen LogP contribution in [0.2, 0.25) is 0 Å². The van der Waals surface area contributed by atoms with Crippen LogP contribution in [0, 0.1) is 5.82 Å². The van der Waals surface area contributed by atoms with Gasteiger partial charge in [-0.25, -0.2) is 4.39 Å². The Labute approximate surface area is 106 Å². The van der Waals surface area contributed by atoms with Gasteiger partial charge in [-0.15, -0.1) is 0 Å². The van der Waals surface area contributed by atoms with E-state index >= 15 is 0 Å². The van der Waals surface area contributed by atoms with Crippen molar-refractivity contribution in [3.8, 4) is 0 Å². The van der Waals surface area contributed by atoms with E-state index in [1.165, 1.54) is 6.07 Å². The summed E-state index contributed by atoms with van der Waals surface area (Å²) in [7, 11) is 0. The van der Waals surface area contributed by atoms with Crippen molar-refractivity contribution in [2.75, 3.05) is 6.54 Å². The SMILES string of the molecule is O=C(Cc1ccccc1F)NCC1(O)CCCC1. The van der Waals surface area contributed by atoms with Gasteiger partial charge < -0.3 is 10.4 Å². The lowest BCUT2D eigenvalue weighted by molar-refractivity contribution is -0.121. The summed E-state index contributed by atoms with van der Waals surface area (Å²) in [5.74, 6) is -0.618. The minimum Gasteiger partial charge on any atom is -0.388 e. The number of rotatable bonds is 4. The topological polar surface area (TPSA) is 49.3 Å². The molecule has 3 nitrogen and oxygen atoms in total. The van der Waals surface area contributed by atoms with Crippen LogP contribution in [0.25, 0.3) is 0 Å². The van der Waals surface area contributed by atoms with Crippen LogP contribution in [0.15, 0.2) is 24.3 Å². The van der Waals surface area contributed by atoms with Gasteiger partial charge in [0.25, 0.3) is 0 Å². The molecule has 1 amide bonds. The number of carbonyl (C=O) groups excluding carboxylic acids is 1. The molecule has 2 N–H and O–H groups in total. The van der Waals surface area contributed by atoms with Crippen molar-refractivity contribution in [3.63, 3.8) is 0 Å². The van der Waals surface area contributed by atoms with Crippen molar-refractivity contribution in [2.24, 2.45) is 0 Å². The minimum absolute atomic E-state index is 0.0166. The lowest BCUT2D eigenvalue weighted by Crippen LogP contribution is -2.41. The Morgan fingerprint density at radius 2 is 2.00 bits per heavy atom. The molecular weight excluding hydrogens is 233 g/mol. The molecule has 1 saturated carbocycles. The van der Waals surface area contributed by atoms with E-state index < -0.39 is 5.60 Å². The molecule has 1 aromatic carbocycles. The van der Waals surface area contributed by atoms with Crippen LogP contribution in [-0.2, 0) is 11.2 Å². The lowest BCUT2D eigenvalue weighted by Gasteiger charge is -2.22. The van der Waals surface area contributed by atoms with Gasteiger partial charge in [-0.2, -0.15) is 0 Å². The average Bonchev–Trinajstić information content (AvgIpc) is 2.77. The minimum atomic E-state index is -0.759. The third-order valence-corrected chi connectivity index (χ3v) is 3.46. The van der Waals surface area contributed by atoms with Crippen LogP contribution >= 0.6 is 0 Å². The van der Waals surface area contributed by atoms with Gasteiger partial charge in [0, 0.05) is 6.54 Å². The predicted molar refractivity (Wildman–Crippen MR) is 66.5 cm³/mol. The fraction of sp³-hybridized carbons (Fsp3) is 0.500. The van der Waals surface area contributed by atoms with E-state index in [1.54, 1.807) is 18.2 Å². The van der Waals surface area contributed by atoms with Crippen LogP contribution in [0.4, 0.5) is 4.39 Å². The van der Waals surface area contributed by atoms with Crippen molar-refractivity contribution >= 4 is 5.91 Å². The van der Waals surface area contributed by atoms with E-state index in [9.17, 15) is 14.3 Å². The molecule has 1 aromatic rings. The normalized spacial score (nSPS) is 17.7. The summed E-state index contributed by atoms with van der Waals surface area (Å²) >= 11 is 0. The summed E-state index contributed by atoms with van der Waals surface area (Å²) in [5.41, 5.74) is -0.376. The van der Waals surface area contributed by atoms with Crippen molar-refractivity contribution in [3.05, 3.63) is 35.6 Å². The van der Waals surface area contributed by atoms with E-state index in [-0.39, 0.29) is 24.7 Å². The summed E-state index contributed by atoms with van der Waals surface area (Å²) in [6.07, 6.45) is 3.47. The molecule has 98 valence electrons. The highest BCUT2D eigenvalue weighted by Gasteiger charge is 2.31. The number of carbonyl (C=O) groups is 1. The molecule has 0 spiro atoms. The van der Waals surface area contributed by atoms with Gasteiger partial charge in [-0.05, 0) is 24.5 Å². The highest BCUT2D eigenvalue weighted by molar-refractivity contribution is 5.78. The molecule has 1 aliphatic rings. The van der Waals surface area contributed by atoms with Crippen LogP contribution in [0.3, 0.4) is 0 Å². The van der Waals surface area contributed by atoms with E-state index in [1.807, 2.05) is 0 Å². The fourth-order valence-corrected chi connectivity index (χ4v) is 2.35. The zero-order chi connectivity index (χ0) is 13.0. The number of amides is 1. The first kappa shape index (κ1) is 13.0. The van der Waals surface area contributed by atoms with Gasteiger partial charge in [-0.1, -0.05) is 31.0 Å². The van der Waals surface area contributed by atoms with Crippen LogP contribution in [0.5, 0.6) is 0 Å². The van der Waals surface area contributed by atoms with E-state index in [0.29, 0.717) is 5.56 Å². The molecule has 0 aromatic heterocycles. The first-order valence-corrected chi connectivity index (χ1v) is 6.32. The average molecular weight is 251 g/mol. The maximum absolute atomic E-state index is 13.3. The Kier molecular flexibility index (Phi) is 3.97. The van der Waals surface area contributed by atoms with Gasteiger partial charge in [-0.3, -0.25) is 4.79 Å². The molecule has 0 heterocycles. The third kappa shape index (κ3) is 3.29. The van der Waals surface area contributed by atoms with Crippen molar-refractivity contribution in [1.29, 1.82) is 0 Å². The highest BCUT2D eigenvalue weighted by atomic mass is 19.1. The van der Waals surface area contributed by atoms with Gasteiger partial charge in [0.15, 0.2) is 0 Å². The smallest absolute Gasteiger partial charge is 0.224 e. The maximum atomic E-state index is 13.3. The second kappa shape index (κ2) is 5.48. The largest absolute Gasteiger partial charge is 0.388 e. The summed E-state index contributed by atoms with van der Waals surface area (Å²) in [6.45, 7) is 0.264. The molecular formula is C14H18FNO2. The molecule has 0 aliphatic heterocycles. The summed E-state index contributed by atoms with van der Waals surface area (Å²) in [4.78, 5) is 11.7. The van der Waals surface area contributed by atoms with Crippen molar-refractivity contribution < 1.29 is 14.3 Å². The second-order valence-corrected chi connectivity index (χ2v) is 4.98. The van der Waals surface area contributed by atoms with Gasteiger partial charge >= 0.3 is 0 Å². The molecule has 0 atom stereocenters. The number of benzene rings is 1. The number of aliphatic hydroxyl groups is 1. The highest BCUT2D eigenvalue weighted by Crippen LogP contribution is 2.28. The lowest BCUT2D eigenvalue weighted by atomic mass is 10.0. The zero-order valence-corrected chi connectivity index (χ0v) is 10.3. The van der Waals surface area contributed by atoms with E-state index in [0.717, 1.165) is 25.7 Å². The molecule has 1 fully saturated rings. The first-order chi connectivity index (χ1) is 8.59. The Hall–Kier alpha value is -1.42. The molecule has 0 saturated heterocycles. The Balaban J connectivity index is 1.84. The molecule has 2 rings (SSSR count). The monoisotopic (exact) mass is 251 g/mol. The first-order valence-electron chi connectivity index (χ1n) is 6.32. The molecule has 4 heteroatoms. The summed E-state index contributed by atoms with van der Waals surface area (Å²) < 4.78 is 13.3. The van der Waals surface area contributed by atoms with Crippen LogP contribution in [-0.4, -0.2) is 23.2 Å². The van der Waals surface area contributed by atoms with Gasteiger partial charge in [0.2, 0.25) is 5.91 Å². The zero-order valence-electron chi connectivity index (χ0n) is 10.3. The van der Waals surface area contributed by atoms with Crippen LogP contribution in [0.1, 0.15) is 31.2 Å². The van der Waals surface area contributed by atoms with Crippen LogP contribution < -0.4 is 5.32 Å². The Morgan fingerprint density at radius 3 is 2.67 bits per heavy atom. The van der Waals surface area contributed by atoms with Gasteiger partial charge in [0.05, 0.1) is 12.0 Å². The van der Waals surface area contributed by atoms with Gasteiger partial charge in [0.1, 0.15) is 5.82 Å². The summed E-state index contributed by atoms with van der Waals surface area (Å²) in [6, 6.07) is 6.24. The second-order valence-electron chi connectivity index (χ2n) is 4.98. The van der Waals surface area contributed by atoms with E-state index in [2.05, 4.69) is 5.32 Å². The number of halogens is 1. The number of hydrogen-bond acceptors (Lipinski definition) is 2. The third-order valence-electron chi connectivity index (χ3n) is 3.46. The Bertz CT molecular complexity index is 428. The maximum Gasteiger partial charge on any atom is 0.224 e.